The standard InChI is InChI=1S/C18H25N5O/c1-23(2)18-9-7-17(8-10-18)22-21-16-5-3-15(4-6-16)20-12-14-24-13-11-19/h3-10,20H,11-14,19H2,1-2H3. The number of ether oxygens (including phenoxy) is 1. The van der Waals surface area contributed by atoms with Gasteiger partial charge in [0.15, 0.2) is 0 Å². The summed E-state index contributed by atoms with van der Waals surface area (Å²) in [4.78, 5) is 2.05. The minimum atomic E-state index is 0.553. The van der Waals surface area contributed by atoms with Crippen molar-refractivity contribution in [2.75, 3.05) is 50.6 Å². The highest BCUT2D eigenvalue weighted by Crippen LogP contribution is 2.22. The van der Waals surface area contributed by atoms with Crippen LogP contribution in [0.1, 0.15) is 0 Å². The van der Waals surface area contributed by atoms with Gasteiger partial charge in [0.1, 0.15) is 0 Å². The number of nitrogens with two attached hydrogens (primary N) is 1. The predicted octanol–water partition coefficient (Wildman–Crippen LogP) is 3.56. The third-order valence-corrected chi connectivity index (χ3v) is 3.35. The van der Waals surface area contributed by atoms with Crippen LogP contribution >= 0.6 is 0 Å². The van der Waals surface area contributed by atoms with Crippen molar-refractivity contribution in [3.8, 4) is 0 Å². The van der Waals surface area contributed by atoms with Crippen molar-refractivity contribution < 1.29 is 4.74 Å². The van der Waals surface area contributed by atoms with Gasteiger partial charge in [-0.1, -0.05) is 0 Å². The molecule has 0 saturated carbocycles. The minimum absolute atomic E-state index is 0.553. The van der Waals surface area contributed by atoms with Gasteiger partial charge in [0.05, 0.1) is 24.6 Å². The Kier molecular flexibility index (Phi) is 7.20. The first-order valence-corrected chi connectivity index (χ1v) is 8.00. The third-order valence-electron chi connectivity index (χ3n) is 3.35. The summed E-state index contributed by atoms with van der Waals surface area (Å²) >= 11 is 0. The molecule has 0 amide bonds. The van der Waals surface area contributed by atoms with Gasteiger partial charge < -0.3 is 20.7 Å². The quantitative estimate of drug-likeness (QED) is 0.545. The maximum atomic E-state index is 5.36. The molecule has 0 fully saturated rings. The fourth-order valence-corrected chi connectivity index (χ4v) is 2.03. The summed E-state index contributed by atoms with van der Waals surface area (Å²) < 4.78 is 5.31. The molecular weight excluding hydrogens is 302 g/mol. The lowest BCUT2D eigenvalue weighted by atomic mass is 10.3. The Labute approximate surface area is 143 Å². The van der Waals surface area contributed by atoms with Gasteiger partial charge in [0.25, 0.3) is 0 Å². The van der Waals surface area contributed by atoms with Crippen LogP contribution in [0.3, 0.4) is 0 Å². The van der Waals surface area contributed by atoms with E-state index < -0.39 is 0 Å². The Hall–Kier alpha value is -2.44. The summed E-state index contributed by atoms with van der Waals surface area (Å²) in [7, 11) is 4.02. The Morgan fingerprint density at radius 1 is 0.917 bits per heavy atom. The van der Waals surface area contributed by atoms with Gasteiger partial charge >= 0.3 is 0 Å². The normalized spacial score (nSPS) is 11.0. The number of rotatable bonds is 9. The summed E-state index contributed by atoms with van der Waals surface area (Å²) in [6.07, 6.45) is 0. The first-order valence-electron chi connectivity index (χ1n) is 8.00. The molecule has 0 aromatic heterocycles. The highest BCUT2D eigenvalue weighted by atomic mass is 16.5. The van der Waals surface area contributed by atoms with E-state index in [0.29, 0.717) is 19.8 Å². The van der Waals surface area contributed by atoms with E-state index in [1.165, 1.54) is 0 Å². The maximum Gasteiger partial charge on any atom is 0.0858 e. The van der Waals surface area contributed by atoms with Gasteiger partial charge in [-0.05, 0) is 48.5 Å². The molecule has 0 saturated heterocycles. The van der Waals surface area contributed by atoms with Crippen molar-refractivity contribution >= 4 is 22.7 Å². The summed E-state index contributed by atoms with van der Waals surface area (Å²) in [5.41, 5.74) is 9.18. The SMILES string of the molecule is CN(C)c1ccc(N=Nc2ccc(NCCOCCN)cc2)cc1. The second kappa shape index (κ2) is 9.64. The average molecular weight is 327 g/mol. The Balaban J connectivity index is 1.84. The average Bonchev–Trinajstić information content (AvgIpc) is 2.61. The van der Waals surface area contributed by atoms with Crippen molar-refractivity contribution in [3.63, 3.8) is 0 Å². The highest BCUT2D eigenvalue weighted by Gasteiger charge is 1.96. The van der Waals surface area contributed by atoms with Gasteiger partial charge in [-0.25, -0.2) is 0 Å². The lowest BCUT2D eigenvalue weighted by Crippen LogP contribution is -2.14. The Bertz CT molecular complexity index is 623. The molecule has 2 aromatic carbocycles. The molecule has 0 aliphatic heterocycles. The van der Waals surface area contributed by atoms with E-state index >= 15 is 0 Å². The van der Waals surface area contributed by atoms with E-state index in [2.05, 4.69) is 15.5 Å². The zero-order valence-corrected chi connectivity index (χ0v) is 14.3. The molecule has 6 nitrogen and oxygen atoms in total. The lowest BCUT2D eigenvalue weighted by molar-refractivity contribution is 0.151. The second-order valence-electron chi connectivity index (χ2n) is 5.49. The molecule has 0 atom stereocenters. The van der Waals surface area contributed by atoms with Crippen LogP contribution in [-0.2, 0) is 4.74 Å². The van der Waals surface area contributed by atoms with Crippen LogP contribution in [0, 0.1) is 0 Å². The van der Waals surface area contributed by atoms with Gasteiger partial charge in [-0.15, -0.1) is 0 Å². The summed E-state index contributed by atoms with van der Waals surface area (Å²) in [6.45, 7) is 2.54. The zero-order chi connectivity index (χ0) is 17.2. The number of azo groups is 1. The van der Waals surface area contributed by atoms with Crippen LogP contribution in [0.15, 0.2) is 58.8 Å². The first kappa shape index (κ1) is 17.9. The van der Waals surface area contributed by atoms with E-state index in [-0.39, 0.29) is 0 Å². The molecule has 0 heterocycles. The van der Waals surface area contributed by atoms with Crippen LogP contribution in [0.25, 0.3) is 0 Å². The number of nitrogens with zero attached hydrogens (tertiary/aromatic N) is 3. The number of hydrogen-bond donors (Lipinski definition) is 2. The van der Waals surface area contributed by atoms with Crippen molar-refractivity contribution in [2.24, 2.45) is 16.0 Å². The van der Waals surface area contributed by atoms with Crippen molar-refractivity contribution in [1.29, 1.82) is 0 Å². The lowest BCUT2D eigenvalue weighted by Gasteiger charge is -2.11. The zero-order valence-electron chi connectivity index (χ0n) is 14.3. The van der Waals surface area contributed by atoms with Gasteiger partial charge in [0, 0.05) is 38.6 Å². The molecule has 0 unspecified atom stereocenters. The summed E-state index contributed by atoms with van der Waals surface area (Å²) in [6, 6.07) is 15.8. The maximum absolute atomic E-state index is 5.36. The fraction of sp³-hybridized carbons (Fsp3) is 0.333. The number of nitrogens with one attached hydrogen (secondary N) is 1. The Morgan fingerprint density at radius 2 is 1.50 bits per heavy atom. The molecule has 0 spiro atoms. The molecule has 0 aliphatic rings. The van der Waals surface area contributed by atoms with Crippen molar-refractivity contribution in [2.45, 2.75) is 0 Å². The van der Waals surface area contributed by atoms with Gasteiger partial charge in [-0.2, -0.15) is 10.2 Å². The summed E-state index contributed by atoms with van der Waals surface area (Å²) in [5.74, 6) is 0. The van der Waals surface area contributed by atoms with Crippen LogP contribution in [0.5, 0.6) is 0 Å². The summed E-state index contributed by atoms with van der Waals surface area (Å²) in [5, 5.41) is 11.8. The third kappa shape index (κ3) is 5.98. The van der Waals surface area contributed by atoms with Gasteiger partial charge in [0.2, 0.25) is 0 Å². The monoisotopic (exact) mass is 327 g/mol. The molecule has 0 bridgehead atoms. The molecule has 2 rings (SSSR count). The molecule has 2 aromatic rings. The fourth-order valence-electron chi connectivity index (χ4n) is 2.03. The molecule has 6 heteroatoms. The van der Waals surface area contributed by atoms with Crippen molar-refractivity contribution in [3.05, 3.63) is 48.5 Å². The molecule has 0 aliphatic carbocycles. The van der Waals surface area contributed by atoms with Crippen LogP contribution in [0.4, 0.5) is 22.7 Å². The number of benzene rings is 2. The molecule has 0 radical (unpaired) electrons. The first-order chi connectivity index (χ1) is 11.7. The smallest absolute Gasteiger partial charge is 0.0858 e. The van der Waals surface area contributed by atoms with E-state index in [9.17, 15) is 0 Å². The minimum Gasteiger partial charge on any atom is -0.383 e. The Morgan fingerprint density at radius 3 is 2.04 bits per heavy atom. The number of anilines is 2. The topological polar surface area (TPSA) is 75.2 Å². The number of hydrogen-bond acceptors (Lipinski definition) is 6. The van der Waals surface area contributed by atoms with Crippen molar-refractivity contribution in [1.82, 2.24) is 0 Å². The van der Waals surface area contributed by atoms with Crippen LogP contribution in [0.2, 0.25) is 0 Å². The van der Waals surface area contributed by atoms with E-state index in [4.69, 9.17) is 10.5 Å². The predicted molar refractivity (Wildman–Crippen MR) is 99.8 cm³/mol. The van der Waals surface area contributed by atoms with E-state index in [1.54, 1.807) is 0 Å². The highest BCUT2D eigenvalue weighted by molar-refractivity contribution is 5.53. The molecule has 3 N–H and O–H groups in total. The largest absolute Gasteiger partial charge is 0.383 e. The van der Waals surface area contributed by atoms with E-state index in [1.807, 2.05) is 67.5 Å². The molecule has 24 heavy (non-hydrogen) atoms. The van der Waals surface area contributed by atoms with Gasteiger partial charge in [-0.3, -0.25) is 0 Å². The molecule has 128 valence electrons. The second-order valence-corrected chi connectivity index (χ2v) is 5.49. The van der Waals surface area contributed by atoms with Crippen LogP contribution in [-0.4, -0.2) is 40.4 Å². The molecular formula is C18H25N5O. The van der Waals surface area contributed by atoms with E-state index in [0.717, 1.165) is 29.3 Å². The van der Waals surface area contributed by atoms with Crippen LogP contribution < -0.4 is 16.0 Å².